The SMILES string of the molecule is CN1CC2CC1[C@@H](F)[C@H]2N(C)c1ccc(-c2ccc(-n3cccn3)cc2O)nn1. The number of hydrogen-bond acceptors (Lipinski definition) is 6. The Hall–Kier alpha value is -3.00. The van der Waals surface area contributed by atoms with Gasteiger partial charge >= 0.3 is 0 Å². The Balaban J connectivity index is 1.37. The highest BCUT2D eigenvalue weighted by Gasteiger charge is 2.52. The molecule has 0 amide bonds. The van der Waals surface area contributed by atoms with Gasteiger partial charge in [0.15, 0.2) is 5.82 Å². The second-order valence-electron chi connectivity index (χ2n) is 7.98. The predicted molar refractivity (Wildman–Crippen MR) is 108 cm³/mol. The molecule has 1 saturated heterocycles. The molecule has 1 saturated carbocycles. The van der Waals surface area contributed by atoms with Crippen LogP contribution in [0.25, 0.3) is 16.9 Å². The van der Waals surface area contributed by atoms with E-state index < -0.39 is 6.17 Å². The van der Waals surface area contributed by atoms with Crippen molar-refractivity contribution in [1.82, 2.24) is 24.9 Å². The Kier molecular flexibility index (Phi) is 4.24. The smallest absolute Gasteiger partial charge is 0.151 e. The minimum absolute atomic E-state index is 0.00457. The van der Waals surface area contributed by atoms with Crippen molar-refractivity contribution in [3.05, 3.63) is 48.8 Å². The summed E-state index contributed by atoms with van der Waals surface area (Å²) in [6.45, 7) is 0.919. The molecule has 5 rings (SSSR count). The van der Waals surface area contributed by atoms with E-state index in [1.807, 2.05) is 49.5 Å². The summed E-state index contributed by atoms with van der Waals surface area (Å²) in [5.74, 6) is 1.06. The van der Waals surface area contributed by atoms with Crippen LogP contribution >= 0.6 is 0 Å². The molecule has 1 N–H and O–H groups in total. The molecule has 29 heavy (non-hydrogen) atoms. The van der Waals surface area contributed by atoms with Gasteiger partial charge in [0.25, 0.3) is 0 Å². The molecule has 3 heterocycles. The molecule has 2 aromatic heterocycles. The van der Waals surface area contributed by atoms with E-state index in [0.29, 0.717) is 23.0 Å². The van der Waals surface area contributed by atoms with Gasteiger partial charge in [0.2, 0.25) is 0 Å². The molecular formula is C21H23FN6O. The Morgan fingerprint density at radius 3 is 2.69 bits per heavy atom. The lowest BCUT2D eigenvalue weighted by molar-refractivity contribution is 0.126. The number of phenolic OH excluding ortho intramolecular Hbond substituents is 1. The summed E-state index contributed by atoms with van der Waals surface area (Å²) in [5.41, 5.74) is 1.92. The molecule has 1 aliphatic heterocycles. The number of phenols is 1. The maximum atomic E-state index is 14.8. The van der Waals surface area contributed by atoms with Crippen LogP contribution in [-0.2, 0) is 0 Å². The largest absolute Gasteiger partial charge is 0.507 e. The number of benzene rings is 1. The number of likely N-dealkylation sites (tertiary alicyclic amines) is 1. The van der Waals surface area contributed by atoms with Gasteiger partial charge in [-0.3, -0.25) is 0 Å². The maximum absolute atomic E-state index is 14.8. The molecule has 8 heteroatoms. The Bertz CT molecular complexity index is 1010. The summed E-state index contributed by atoms with van der Waals surface area (Å²) >= 11 is 0. The summed E-state index contributed by atoms with van der Waals surface area (Å²) < 4.78 is 16.5. The summed E-state index contributed by atoms with van der Waals surface area (Å²) in [6, 6.07) is 10.6. The van der Waals surface area contributed by atoms with Crippen molar-refractivity contribution in [2.45, 2.75) is 24.7 Å². The number of piperidine rings is 1. The van der Waals surface area contributed by atoms with Gasteiger partial charge in [-0.15, -0.1) is 10.2 Å². The molecular weight excluding hydrogens is 371 g/mol. The van der Waals surface area contributed by atoms with Gasteiger partial charge < -0.3 is 14.9 Å². The zero-order valence-corrected chi connectivity index (χ0v) is 16.4. The summed E-state index contributed by atoms with van der Waals surface area (Å²) in [7, 11) is 3.88. The number of nitrogens with zero attached hydrogens (tertiary/aromatic N) is 6. The molecule has 1 aliphatic carbocycles. The molecule has 0 radical (unpaired) electrons. The number of anilines is 1. The molecule has 150 valence electrons. The molecule has 0 spiro atoms. The van der Waals surface area contributed by atoms with Crippen LogP contribution in [0.2, 0.25) is 0 Å². The molecule has 2 bridgehead atoms. The average Bonchev–Trinajstić information content (AvgIpc) is 3.44. The van der Waals surface area contributed by atoms with Gasteiger partial charge in [-0.25, -0.2) is 9.07 Å². The Morgan fingerprint density at radius 1 is 1.21 bits per heavy atom. The van der Waals surface area contributed by atoms with Crippen LogP contribution in [0.15, 0.2) is 48.8 Å². The molecule has 2 aliphatic rings. The molecule has 1 aromatic carbocycles. The fourth-order valence-corrected chi connectivity index (χ4v) is 4.82. The average molecular weight is 394 g/mol. The zero-order chi connectivity index (χ0) is 20.1. The van der Waals surface area contributed by atoms with Crippen molar-refractivity contribution in [1.29, 1.82) is 0 Å². The van der Waals surface area contributed by atoms with E-state index in [4.69, 9.17) is 0 Å². The van der Waals surface area contributed by atoms with E-state index in [9.17, 15) is 9.50 Å². The number of rotatable bonds is 4. The molecule has 7 nitrogen and oxygen atoms in total. The first-order valence-corrected chi connectivity index (χ1v) is 9.77. The highest BCUT2D eigenvalue weighted by molar-refractivity contribution is 5.69. The first-order chi connectivity index (χ1) is 14.0. The van der Waals surface area contributed by atoms with Gasteiger partial charge in [0.1, 0.15) is 11.9 Å². The minimum Gasteiger partial charge on any atom is -0.507 e. The second-order valence-corrected chi connectivity index (χ2v) is 7.98. The van der Waals surface area contributed by atoms with E-state index in [-0.39, 0.29) is 17.8 Å². The second kappa shape index (κ2) is 6.81. The fourth-order valence-electron chi connectivity index (χ4n) is 4.82. The van der Waals surface area contributed by atoms with Gasteiger partial charge in [0, 0.05) is 43.7 Å². The molecule has 2 fully saturated rings. The quantitative estimate of drug-likeness (QED) is 0.733. The zero-order valence-electron chi connectivity index (χ0n) is 16.4. The third-order valence-corrected chi connectivity index (χ3v) is 6.29. The van der Waals surface area contributed by atoms with Crippen LogP contribution in [0.1, 0.15) is 6.42 Å². The number of aromatic hydroxyl groups is 1. The van der Waals surface area contributed by atoms with Crippen LogP contribution in [0.3, 0.4) is 0 Å². The lowest BCUT2D eigenvalue weighted by Crippen LogP contribution is -2.51. The highest BCUT2D eigenvalue weighted by atomic mass is 19.1. The topological polar surface area (TPSA) is 70.3 Å². The van der Waals surface area contributed by atoms with Crippen molar-refractivity contribution in [3.63, 3.8) is 0 Å². The fraction of sp³-hybridized carbons (Fsp3) is 0.381. The van der Waals surface area contributed by atoms with Gasteiger partial charge in [-0.1, -0.05) is 0 Å². The summed E-state index contributed by atoms with van der Waals surface area (Å²) in [4.78, 5) is 4.03. The summed E-state index contributed by atoms with van der Waals surface area (Å²) in [5, 5.41) is 23.2. The van der Waals surface area contributed by atoms with Crippen LogP contribution in [0.4, 0.5) is 10.2 Å². The van der Waals surface area contributed by atoms with Crippen LogP contribution in [0, 0.1) is 5.92 Å². The third kappa shape index (κ3) is 2.95. The Labute approximate surface area is 168 Å². The lowest BCUT2D eigenvalue weighted by Gasteiger charge is -2.37. The normalized spacial score (nSPS) is 26.2. The van der Waals surface area contributed by atoms with E-state index in [1.165, 1.54) is 0 Å². The van der Waals surface area contributed by atoms with E-state index in [1.54, 1.807) is 23.0 Å². The minimum atomic E-state index is -0.885. The monoisotopic (exact) mass is 394 g/mol. The lowest BCUT2D eigenvalue weighted by atomic mass is 10.0. The van der Waals surface area contributed by atoms with E-state index >= 15 is 0 Å². The number of fused-ring (bicyclic) bond motifs is 2. The predicted octanol–water partition coefficient (Wildman–Crippen LogP) is 2.51. The third-order valence-electron chi connectivity index (χ3n) is 6.29. The van der Waals surface area contributed by atoms with Crippen molar-refractivity contribution in [3.8, 4) is 22.7 Å². The Morgan fingerprint density at radius 2 is 2.07 bits per heavy atom. The van der Waals surface area contributed by atoms with E-state index in [0.717, 1.165) is 18.7 Å². The number of alkyl halides is 1. The van der Waals surface area contributed by atoms with Gasteiger partial charge in [-0.2, -0.15) is 5.10 Å². The van der Waals surface area contributed by atoms with Crippen LogP contribution < -0.4 is 4.90 Å². The van der Waals surface area contributed by atoms with Crippen LogP contribution in [-0.4, -0.2) is 68.9 Å². The van der Waals surface area contributed by atoms with Gasteiger partial charge in [0.05, 0.1) is 17.4 Å². The van der Waals surface area contributed by atoms with Crippen molar-refractivity contribution in [2.24, 2.45) is 5.92 Å². The number of halogens is 1. The molecule has 4 atom stereocenters. The van der Waals surface area contributed by atoms with Crippen molar-refractivity contribution >= 4 is 5.82 Å². The molecule has 3 aromatic rings. The standard InChI is InChI=1S/C21H23FN6O/c1-26-12-13-10-17(26)20(22)21(13)27(2)19-7-6-16(24-25-19)15-5-4-14(11-18(15)29)28-9-3-8-23-28/h3-9,11,13,17,20-21,29H,10,12H2,1-2H3/t13?,17?,20-,21+/m1/s1. The first-order valence-electron chi connectivity index (χ1n) is 9.77. The van der Waals surface area contributed by atoms with Crippen molar-refractivity contribution in [2.75, 3.05) is 25.5 Å². The number of hydrogen-bond donors (Lipinski definition) is 1. The highest BCUT2D eigenvalue weighted by Crippen LogP contribution is 2.42. The molecule has 2 unspecified atom stereocenters. The number of aromatic nitrogens is 4. The van der Waals surface area contributed by atoms with E-state index in [2.05, 4.69) is 20.2 Å². The summed E-state index contributed by atoms with van der Waals surface area (Å²) in [6.07, 6.45) is 3.50. The van der Waals surface area contributed by atoms with Crippen LogP contribution in [0.5, 0.6) is 5.75 Å². The van der Waals surface area contributed by atoms with Crippen molar-refractivity contribution < 1.29 is 9.50 Å². The van der Waals surface area contributed by atoms with Gasteiger partial charge in [-0.05, 0) is 49.7 Å². The first kappa shape index (κ1) is 18.1. The maximum Gasteiger partial charge on any atom is 0.151 e.